The summed E-state index contributed by atoms with van der Waals surface area (Å²) < 4.78 is 4.86. The van der Waals surface area contributed by atoms with Gasteiger partial charge in [0, 0.05) is 45.1 Å². The van der Waals surface area contributed by atoms with Crippen molar-refractivity contribution in [3.05, 3.63) is 0 Å². The van der Waals surface area contributed by atoms with E-state index in [-0.39, 0.29) is 74.5 Å². The molecular weight excluding hydrogens is 392 g/mol. The van der Waals surface area contributed by atoms with Gasteiger partial charge in [0.05, 0.1) is 6.54 Å². The number of rotatable bonds is 18. The molecule has 0 aromatic carbocycles. The minimum Gasteiger partial charge on any atom is -0.366 e. The van der Waals surface area contributed by atoms with Crippen LogP contribution in [0.3, 0.4) is 0 Å². The molecule has 2 N–H and O–H groups in total. The predicted octanol–water partition coefficient (Wildman–Crippen LogP) is 0.918. The van der Waals surface area contributed by atoms with Crippen molar-refractivity contribution in [2.45, 2.75) is 65.7 Å². The van der Waals surface area contributed by atoms with Gasteiger partial charge in [-0.25, -0.2) is 0 Å². The van der Waals surface area contributed by atoms with Crippen LogP contribution in [-0.4, -0.2) is 61.3 Å². The number of carbonyl (C=O) groups excluding carboxylic acids is 6. The van der Waals surface area contributed by atoms with Crippen LogP contribution in [0.4, 0.5) is 0 Å². The molecule has 0 aliphatic carbocycles. The second-order valence-corrected chi connectivity index (χ2v) is 7.64. The molecule has 0 aromatic rings. The lowest BCUT2D eigenvalue weighted by Crippen LogP contribution is -2.31. The van der Waals surface area contributed by atoms with Gasteiger partial charge in [0.1, 0.15) is 19.0 Å². The summed E-state index contributed by atoms with van der Waals surface area (Å²) in [4.78, 5) is 68.9. The molecule has 0 heterocycles. The van der Waals surface area contributed by atoms with Gasteiger partial charge in [-0.05, 0) is 19.3 Å². The van der Waals surface area contributed by atoms with E-state index in [1.165, 1.54) is 6.92 Å². The Kier molecular flexibility index (Phi) is 15.1. The summed E-state index contributed by atoms with van der Waals surface area (Å²) in [6, 6.07) is 0. The highest BCUT2D eigenvalue weighted by molar-refractivity contribution is 5.90. The molecule has 0 rings (SSSR count). The number of carbonyl (C=O) groups is 6. The molecule has 0 bridgehead atoms. The molecule has 0 aromatic heterocycles. The van der Waals surface area contributed by atoms with Crippen molar-refractivity contribution >= 4 is 34.9 Å². The van der Waals surface area contributed by atoms with E-state index in [1.807, 2.05) is 13.8 Å². The maximum Gasteiger partial charge on any atom is 0.220 e. The molecule has 170 valence electrons. The van der Waals surface area contributed by atoms with Gasteiger partial charge in [-0.2, -0.15) is 0 Å². The Bertz CT molecular complexity index is 614. The van der Waals surface area contributed by atoms with Crippen molar-refractivity contribution < 1.29 is 33.5 Å². The predicted molar refractivity (Wildman–Crippen MR) is 110 cm³/mol. The average molecular weight is 427 g/mol. The minimum absolute atomic E-state index is 0.00376. The second-order valence-electron chi connectivity index (χ2n) is 7.64. The van der Waals surface area contributed by atoms with E-state index in [9.17, 15) is 28.8 Å². The van der Waals surface area contributed by atoms with Crippen molar-refractivity contribution in [3.8, 4) is 0 Å². The van der Waals surface area contributed by atoms with Crippen molar-refractivity contribution in [1.29, 1.82) is 0 Å². The number of hydrogen-bond acceptors (Lipinski definition) is 7. The molecule has 0 saturated carbocycles. The monoisotopic (exact) mass is 426 g/mol. The summed E-state index contributed by atoms with van der Waals surface area (Å²) in [7, 11) is 0. The first-order chi connectivity index (χ1) is 14.1. The molecule has 0 atom stereocenters. The smallest absolute Gasteiger partial charge is 0.220 e. The SMILES string of the molecule is CC(=O)COCC(=O)CCC(=O)NCC(=O)CCC(=O)NCCCC(=O)CC(C)C. The molecule has 0 fully saturated rings. The molecule has 0 spiro atoms. The van der Waals surface area contributed by atoms with Crippen LogP contribution in [0, 0.1) is 5.92 Å². The van der Waals surface area contributed by atoms with Gasteiger partial charge in [-0.15, -0.1) is 0 Å². The number of ether oxygens (including phenoxy) is 1. The van der Waals surface area contributed by atoms with Crippen LogP contribution in [0.5, 0.6) is 0 Å². The summed E-state index contributed by atoms with van der Waals surface area (Å²) in [5, 5.41) is 5.08. The lowest BCUT2D eigenvalue weighted by molar-refractivity contribution is -0.130. The van der Waals surface area contributed by atoms with E-state index < -0.39 is 5.91 Å². The third-order valence-corrected chi connectivity index (χ3v) is 3.90. The van der Waals surface area contributed by atoms with Crippen molar-refractivity contribution in [3.63, 3.8) is 0 Å². The molecular formula is C21H34N2O7. The van der Waals surface area contributed by atoms with Crippen LogP contribution in [0.2, 0.25) is 0 Å². The third kappa shape index (κ3) is 17.7. The van der Waals surface area contributed by atoms with E-state index in [2.05, 4.69) is 10.6 Å². The second kappa shape index (κ2) is 16.4. The third-order valence-electron chi connectivity index (χ3n) is 3.90. The molecule has 0 aliphatic heterocycles. The summed E-state index contributed by atoms with van der Waals surface area (Å²) in [5.74, 6) is -1.01. The normalized spacial score (nSPS) is 10.5. The van der Waals surface area contributed by atoms with Gasteiger partial charge in [-0.3, -0.25) is 28.8 Å². The molecule has 30 heavy (non-hydrogen) atoms. The molecule has 0 aliphatic rings. The Morgan fingerprint density at radius 2 is 1.33 bits per heavy atom. The molecule has 9 nitrogen and oxygen atoms in total. The molecule has 0 radical (unpaired) electrons. The van der Waals surface area contributed by atoms with Gasteiger partial charge < -0.3 is 15.4 Å². The summed E-state index contributed by atoms with van der Waals surface area (Å²) in [6.07, 6.45) is 1.42. The molecule has 2 amide bonds. The van der Waals surface area contributed by atoms with Gasteiger partial charge in [0.15, 0.2) is 17.3 Å². The standard InChI is InChI=1S/C21H34N2O7/c1-15(2)11-17(25)5-4-10-22-20(28)8-6-18(26)12-23-21(29)9-7-19(27)14-30-13-16(3)24/h15H,4-14H2,1-3H3,(H,22,28)(H,23,29). The van der Waals surface area contributed by atoms with E-state index in [1.54, 1.807) is 0 Å². The average Bonchev–Trinajstić information content (AvgIpc) is 2.65. The van der Waals surface area contributed by atoms with E-state index in [0.29, 0.717) is 31.7 Å². The maximum absolute atomic E-state index is 11.8. The van der Waals surface area contributed by atoms with E-state index in [4.69, 9.17) is 4.74 Å². The first kappa shape index (κ1) is 27.6. The topological polar surface area (TPSA) is 136 Å². The molecule has 9 heteroatoms. The highest BCUT2D eigenvalue weighted by Gasteiger charge is 2.11. The zero-order valence-electron chi connectivity index (χ0n) is 18.2. The largest absolute Gasteiger partial charge is 0.366 e. The zero-order chi connectivity index (χ0) is 22.9. The van der Waals surface area contributed by atoms with Crippen LogP contribution >= 0.6 is 0 Å². The zero-order valence-corrected chi connectivity index (χ0v) is 18.2. The Balaban J connectivity index is 3.77. The van der Waals surface area contributed by atoms with E-state index in [0.717, 1.165) is 0 Å². The van der Waals surface area contributed by atoms with Crippen LogP contribution in [0.25, 0.3) is 0 Å². The fourth-order valence-electron chi connectivity index (χ4n) is 2.42. The summed E-state index contributed by atoms with van der Waals surface area (Å²) in [5.41, 5.74) is 0. The first-order valence-corrected chi connectivity index (χ1v) is 10.3. The molecule has 0 unspecified atom stereocenters. The van der Waals surface area contributed by atoms with Crippen LogP contribution in [-0.2, 0) is 33.5 Å². The lowest BCUT2D eigenvalue weighted by Gasteiger charge is -2.07. The van der Waals surface area contributed by atoms with Crippen LogP contribution in [0.1, 0.15) is 65.7 Å². The Morgan fingerprint density at radius 1 is 0.733 bits per heavy atom. The van der Waals surface area contributed by atoms with Gasteiger partial charge in [0.25, 0.3) is 0 Å². The fraction of sp³-hybridized carbons (Fsp3) is 0.714. The van der Waals surface area contributed by atoms with Crippen LogP contribution in [0.15, 0.2) is 0 Å². The van der Waals surface area contributed by atoms with Gasteiger partial charge >= 0.3 is 0 Å². The fourth-order valence-corrected chi connectivity index (χ4v) is 2.42. The first-order valence-electron chi connectivity index (χ1n) is 10.3. The molecule has 0 saturated heterocycles. The number of nitrogens with one attached hydrogen (secondary N) is 2. The number of Topliss-reactive ketones (excluding diaryl/α,β-unsaturated/α-hetero) is 4. The highest BCUT2D eigenvalue weighted by Crippen LogP contribution is 2.04. The van der Waals surface area contributed by atoms with Crippen molar-refractivity contribution in [1.82, 2.24) is 10.6 Å². The highest BCUT2D eigenvalue weighted by atomic mass is 16.5. The number of hydrogen-bond donors (Lipinski definition) is 2. The minimum atomic E-state index is -0.446. The Morgan fingerprint density at radius 3 is 1.93 bits per heavy atom. The van der Waals surface area contributed by atoms with Crippen LogP contribution < -0.4 is 10.6 Å². The number of ketones is 4. The Hall–Kier alpha value is -2.42. The maximum atomic E-state index is 11.8. The number of amides is 2. The quantitative estimate of drug-likeness (QED) is 0.311. The van der Waals surface area contributed by atoms with E-state index >= 15 is 0 Å². The summed E-state index contributed by atoms with van der Waals surface area (Å²) >= 11 is 0. The lowest BCUT2D eigenvalue weighted by atomic mass is 10.0. The van der Waals surface area contributed by atoms with Crippen molar-refractivity contribution in [2.75, 3.05) is 26.3 Å². The summed E-state index contributed by atoms with van der Waals surface area (Å²) in [6.45, 7) is 5.11. The van der Waals surface area contributed by atoms with Gasteiger partial charge in [0.2, 0.25) is 11.8 Å². The Labute approximate surface area is 177 Å². The van der Waals surface area contributed by atoms with Gasteiger partial charge in [-0.1, -0.05) is 13.8 Å². The van der Waals surface area contributed by atoms with Crippen molar-refractivity contribution in [2.24, 2.45) is 5.92 Å².